The van der Waals surface area contributed by atoms with Gasteiger partial charge >= 0.3 is 0 Å². The Balaban J connectivity index is 2.10. The maximum Gasteiger partial charge on any atom is 0.184 e. The lowest BCUT2D eigenvalue weighted by Gasteiger charge is -2.11. The van der Waals surface area contributed by atoms with Gasteiger partial charge in [-0.3, -0.25) is 5.43 Å². The van der Waals surface area contributed by atoms with E-state index in [-0.39, 0.29) is 10.9 Å². The number of ether oxygens (including phenoxy) is 2. The summed E-state index contributed by atoms with van der Waals surface area (Å²) in [6, 6.07) is 11.5. The molecule has 120 valence electrons. The van der Waals surface area contributed by atoms with Gasteiger partial charge in [-0.25, -0.2) is 4.39 Å². The van der Waals surface area contributed by atoms with Gasteiger partial charge in [-0.2, -0.15) is 5.10 Å². The summed E-state index contributed by atoms with van der Waals surface area (Å²) in [4.78, 5) is 0. The highest BCUT2D eigenvalue weighted by atomic mass is 32.1. The molecule has 0 aliphatic heterocycles. The van der Waals surface area contributed by atoms with Crippen LogP contribution in [0.3, 0.4) is 0 Å². The van der Waals surface area contributed by atoms with Gasteiger partial charge in [0.05, 0.1) is 13.3 Å². The van der Waals surface area contributed by atoms with Crippen molar-refractivity contribution in [2.45, 2.75) is 6.61 Å². The molecule has 0 amide bonds. The molecule has 5 nitrogen and oxygen atoms in total. The fraction of sp³-hybridized carbons (Fsp3) is 0.125. The monoisotopic (exact) mass is 333 g/mol. The van der Waals surface area contributed by atoms with Gasteiger partial charge in [0.15, 0.2) is 16.6 Å². The SMILES string of the molecule is COc1ccc(C=NNC(N)=S)cc1OCc1ccc(F)cc1. The third-order valence-electron chi connectivity index (χ3n) is 2.88. The van der Waals surface area contributed by atoms with Gasteiger partial charge in [0.1, 0.15) is 12.4 Å². The van der Waals surface area contributed by atoms with Gasteiger partial charge in [0.25, 0.3) is 0 Å². The molecule has 2 aromatic carbocycles. The van der Waals surface area contributed by atoms with E-state index in [1.54, 1.807) is 37.6 Å². The Morgan fingerprint density at radius 1 is 1.26 bits per heavy atom. The lowest BCUT2D eigenvalue weighted by molar-refractivity contribution is 0.284. The van der Waals surface area contributed by atoms with Crippen LogP contribution in [0.25, 0.3) is 0 Å². The molecule has 0 atom stereocenters. The zero-order valence-corrected chi connectivity index (χ0v) is 13.3. The molecule has 0 saturated heterocycles. The quantitative estimate of drug-likeness (QED) is 0.483. The molecule has 0 saturated carbocycles. The number of nitrogens with two attached hydrogens (primary N) is 1. The number of nitrogens with one attached hydrogen (secondary N) is 1. The molecule has 0 radical (unpaired) electrons. The number of nitrogens with zero attached hydrogens (tertiary/aromatic N) is 1. The van der Waals surface area contributed by atoms with Crippen LogP contribution in [0, 0.1) is 5.82 Å². The molecule has 3 N–H and O–H groups in total. The van der Waals surface area contributed by atoms with Gasteiger partial charge in [-0.05, 0) is 53.7 Å². The zero-order valence-electron chi connectivity index (χ0n) is 12.5. The van der Waals surface area contributed by atoms with Crippen LogP contribution in [-0.2, 0) is 6.61 Å². The van der Waals surface area contributed by atoms with Crippen molar-refractivity contribution in [3.8, 4) is 11.5 Å². The van der Waals surface area contributed by atoms with Crippen LogP contribution in [0.5, 0.6) is 11.5 Å². The summed E-state index contributed by atoms with van der Waals surface area (Å²) < 4.78 is 23.9. The van der Waals surface area contributed by atoms with Crippen molar-refractivity contribution in [1.82, 2.24) is 5.43 Å². The first-order chi connectivity index (χ1) is 11.1. The van der Waals surface area contributed by atoms with Crippen LogP contribution >= 0.6 is 12.2 Å². The van der Waals surface area contributed by atoms with Gasteiger partial charge in [-0.1, -0.05) is 12.1 Å². The van der Waals surface area contributed by atoms with Crippen molar-refractivity contribution in [2.24, 2.45) is 10.8 Å². The maximum atomic E-state index is 12.9. The van der Waals surface area contributed by atoms with E-state index in [0.29, 0.717) is 18.1 Å². The fourth-order valence-corrected chi connectivity index (χ4v) is 1.85. The minimum absolute atomic E-state index is 0.0857. The number of benzene rings is 2. The fourth-order valence-electron chi connectivity index (χ4n) is 1.80. The minimum atomic E-state index is -0.283. The molecule has 0 unspecified atom stereocenters. The Morgan fingerprint density at radius 3 is 2.65 bits per heavy atom. The Bertz CT molecular complexity index is 705. The van der Waals surface area contributed by atoms with Crippen molar-refractivity contribution >= 4 is 23.5 Å². The van der Waals surface area contributed by atoms with Crippen LogP contribution in [0.1, 0.15) is 11.1 Å². The first-order valence-electron chi connectivity index (χ1n) is 6.72. The summed E-state index contributed by atoms with van der Waals surface area (Å²) >= 11 is 4.66. The molecule has 0 bridgehead atoms. The molecule has 0 aliphatic carbocycles. The van der Waals surface area contributed by atoms with Gasteiger partial charge in [0.2, 0.25) is 0 Å². The van der Waals surface area contributed by atoms with Crippen LogP contribution in [-0.4, -0.2) is 18.4 Å². The maximum absolute atomic E-state index is 12.9. The van der Waals surface area contributed by atoms with Crippen molar-refractivity contribution in [3.05, 3.63) is 59.4 Å². The van der Waals surface area contributed by atoms with Crippen LogP contribution in [0.2, 0.25) is 0 Å². The lowest BCUT2D eigenvalue weighted by Crippen LogP contribution is -2.23. The summed E-state index contributed by atoms with van der Waals surface area (Å²) in [6.45, 7) is 0.294. The largest absolute Gasteiger partial charge is 0.493 e. The second kappa shape index (κ2) is 8.09. The van der Waals surface area contributed by atoms with E-state index in [2.05, 4.69) is 22.7 Å². The summed E-state index contributed by atoms with van der Waals surface area (Å²) in [5, 5.41) is 3.97. The van der Waals surface area contributed by atoms with E-state index < -0.39 is 0 Å². The van der Waals surface area contributed by atoms with Gasteiger partial charge in [0, 0.05) is 0 Å². The van der Waals surface area contributed by atoms with E-state index in [4.69, 9.17) is 15.2 Å². The predicted molar refractivity (Wildman–Crippen MR) is 91.2 cm³/mol. The first-order valence-corrected chi connectivity index (χ1v) is 7.13. The topological polar surface area (TPSA) is 68.9 Å². The molecule has 7 heteroatoms. The Labute approximate surface area is 138 Å². The molecule has 0 fully saturated rings. The average molecular weight is 333 g/mol. The van der Waals surface area contributed by atoms with Crippen molar-refractivity contribution < 1.29 is 13.9 Å². The molecular weight excluding hydrogens is 317 g/mol. The van der Waals surface area contributed by atoms with Crippen LogP contribution in [0.15, 0.2) is 47.6 Å². The second-order valence-corrected chi connectivity index (χ2v) is 5.00. The van der Waals surface area contributed by atoms with Crippen LogP contribution in [0.4, 0.5) is 4.39 Å². The second-order valence-electron chi connectivity index (χ2n) is 4.56. The smallest absolute Gasteiger partial charge is 0.184 e. The van der Waals surface area contributed by atoms with E-state index in [9.17, 15) is 4.39 Å². The molecule has 2 rings (SSSR count). The number of hydrogen-bond acceptors (Lipinski definition) is 4. The molecule has 0 aromatic heterocycles. The number of thiocarbonyl (C=S) groups is 1. The standard InChI is InChI=1S/C16H16FN3O2S/c1-21-14-7-4-12(9-19-20-16(18)23)8-15(14)22-10-11-2-5-13(17)6-3-11/h2-9H,10H2,1H3,(H3,18,20,23). The van der Waals surface area contributed by atoms with Crippen molar-refractivity contribution in [3.63, 3.8) is 0 Å². The van der Waals surface area contributed by atoms with Gasteiger partial charge < -0.3 is 15.2 Å². The number of halogens is 1. The Kier molecular flexibility index (Phi) is 5.87. The summed E-state index contributed by atoms with van der Waals surface area (Å²) in [5.41, 5.74) is 9.40. The summed E-state index contributed by atoms with van der Waals surface area (Å²) in [6.07, 6.45) is 1.56. The van der Waals surface area contributed by atoms with E-state index >= 15 is 0 Å². The average Bonchev–Trinajstić information content (AvgIpc) is 2.54. The molecule has 23 heavy (non-hydrogen) atoms. The van der Waals surface area contributed by atoms with Crippen molar-refractivity contribution in [2.75, 3.05) is 7.11 Å². The highest BCUT2D eigenvalue weighted by Gasteiger charge is 2.06. The summed E-state index contributed by atoms with van der Waals surface area (Å²) in [7, 11) is 1.56. The highest BCUT2D eigenvalue weighted by molar-refractivity contribution is 7.80. The number of hydrogen-bond donors (Lipinski definition) is 2. The molecule has 0 spiro atoms. The van der Waals surface area contributed by atoms with E-state index in [1.165, 1.54) is 12.1 Å². The number of hydrazone groups is 1. The molecule has 2 aromatic rings. The zero-order chi connectivity index (χ0) is 16.7. The Morgan fingerprint density at radius 2 is 2.00 bits per heavy atom. The van der Waals surface area contributed by atoms with Crippen molar-refractivity contribution in [1.29, 1.82) is 0 Å². The molecular formula is C16H16FN3O2S. The first kappa shape index (κ1) is 16.7. The van der Waals surface area contributed by atoms with Gasteiger partial charge in [-0.15, -0.1) is 0 Å². The molecule has 0 heterocycles. The Hall–Kier alpha value is -2.67. The number of methoxy groups -OCH3 is 1. The number of rotatable bonds is 6. The highest BCUT2D eigenvalue weighted by Crippen LogP contribution is 2.28. The lowest BCUT2D eigenvalue weighted by atomic mass is 10.2. The summed E-state index contributed by atoms with van der Waals surface area (Å²) in [5.74, 6) is 0.859. The molecule has 0 aliphatic rings. The normalized spacial score (nSPS) is 10.5. The minimum Gasteiger partial charge on any atom is -0.493 e. The third kappa shape index (κ3) is 5.23. The van der Waals surface area contributed by atoms with E-state index in [0.717, 1.165) is 11.1 Å². The van der Waals surface area contributed by atoms with Crippen LogP contribution < -0.4 is 20.6 Å². The predicted octanol–water partition coefficient (Wildman–Crippen LogP) is 2.58. The third-order valence-corrected chi connectivity index (χ3v) is 2.97. The van der Waals surface area contributed by atoms with E-state index in [1.807, 2.05) is 6.07 Å².